The highest BCUT2D eigenvalue weighted by molar-refractivity contribution is 5.76. The van der Waals surface area contributed by atoms with Gasteiger partial charge in [-0.2, -0.15) is 5.26 Å². The fourth-order valence-electron chi connectivity index (χ4n) is 1.59. The van der Waals surface area contributed by atoms with E-state index in [1.807, 2.05) is 19.9 Å². The largest absolute Gasteiger partial charge is 0.481 e. The molecular formula is C12H13NO2. The number of aryl methyl sites for hydroxylation is 2. The molecule has 1 aromatic rings. The van der Waals surface area contributed by atoms with Crippen molar-refractivity contribution in [3.8, 4) is 6.07 Å². The summed E-state index contributed by atoms with van der Waals surface area (Å²) in [5.74, 6) is -1.44. The van der Waals surface area contributed by atoms with Crippen molar-refractivity contribution < 1.29 is 9.90 Å². The summed E-state index contributed by atoms with van der Waals surface area (Å²) in [6.07, 6.45) is 0. The van der Waals surface area contributed by atoms with E-state index < -0.39 is 11.9 Å². The molecule has 15 heavy (non-hydrogen) atoms. The Labute approximate surface area is 89.0 Å². The highest BCUT2D eigenvalue weighted by atomic mass is 16.4. The first-order valence-electron chi connectivity index (χ1n) is 4.71. The molecule has 0 aliphatic carbocycles. The van der Waals surface area contributed by atoms with Crippen molar-refractivity contribution in [3.05, 3.63) is 34.4 Å². The quantitative estimate of drug-likeness (QED) is 0.802. The molecule has 0 aromatic heterocycles. The molecule has 0 aliphatic heterocycles. The molecule has 1 unspecified atom stereocenters. The Morgan fingerprint density at radius 3 is 2.47 bits per heavy atom. The van der Waals surface area contributed by atoms with Crippen LogP contribution in [-0.4, -0.2) is 11.1 Å². The van der Waals surface area contributed by atoms with Gasteiger partial charge in [0.25, 0.3) is 0 Å². The zero-order valence-electron chi connectivity index (χ0n) is 9.03. The van der Waals surface area contributed by atoms with Gasteiger partial charge in [0.15, 0.2) is 0 Å². The third-order valence-electron chi connectivity index (χ3n) is 2.57. The van der Waals surface area contributed by atoms with Crippen LogP contribution in [-0.2, 0) is 4.79 Å². The molecular weight excluding hydrogens is 190 g/mol. The number of hydrogen-bond donors (Lipinski definition) is 1. The third kappa shape index (κ3) is 2.16. The van der Waals surface area contributed by atoms with Gasteiger partial charge in [-0.25, -0.2) is 0 Å². The van der Waals surface area contributed by atoms with E-state index in [1.165, 1.54) is 0 Å². The minimum atomic E-state index is -0.870. The lowest BCUT2D eigenvalue weighted by atomic mass is 9.92. The van der Waals surface area contributed by atoms with Crippen LogP contribution >= 0.6 is 0 Å². The van der Waals surface area contributed by atoms with Gasteiger partial charge < -0.3 is 5.11 Å². The lowest BCUT2D eigenvalue weighted by Gasteiger charge is -2.12. The van der Waals surface area contributed by atoms with Gasteiger partial charge in [0, 0.05) is 0 Å². The van der Waals surface area contributed by atoms with Crippen molar-refractivity contribution in [1.82, 2.24) is 0 Å². The number of carboxylic acid groups (broad SMARTS) is 1. The second kappa shape index (κ2) is 4.14. The minimum absolute atomic E-state index is 0.545. The van der Waals surface area contributed by atoms with Gasteiger partial charge in [-0.05, 0) is 43.5 Å². The van der Waals surface area contributed by atoms with E-state index in [-0.39, 0.29) is 0 Å². The molecule has 78 valence electrons. The second-order valence-corrected chi connectivity index (χ2v) is 3.70. The molecule has 1 rings (SSSR count). The van der Waals surface area contributed by atoms with Crippen molar-refractivity contribution in [3.63, 3.8) is 0 Å². The van der Waals surface area contributed by atoms with Gasteiger partial charge >= 0.3 is 5.97 Å². The monoisotopic (exact) mass is 203 g/mol. The number of carbonyl (C=O) groups is 1. The van der Waals surface area contributed by atoms with Gasteiger partial charge in [0.2, 0.25) is 0 Å². The summed E-state index contributed by atoms with van der Waals surface area (Å²) in [6.45, 7) is 5.34. The molecule has 0 amide bonds. The molecule has 1 aromatic carbocycles. The molecule has 0 fully saturated rings. The Bertz CT molecular complexity index is 444. The summed E-state index contributed by atoms with van der Waals surface area (Å²) in [5.41, 5.74) is 3.06. The fraction of sp³-hybridized carbons (Fsp3) is 0.333. The highest BCUT2D eigenvalue weighted by Gasteiger charge is 2.17. The number of nitrogens with zero attached hydrogens (tertiary/aromatic N) is 1. The second-order valence-electron chi connectivity index (χ2n) is 3.70. The van der Waals surface area contributed by atoms with Gasteiger partial charge in [-0.15, -0.1) is 0 Å². The van der Waals surface area contributed by atoms with E-state index in [2.05, 4.69) is 6.07 Å². The summed E-state index contributed by atoms with van der Waals surface area (Å²) in [6, 6.07) is 5.59. The van der Waals surface area contributed by atoms with E-state index >= 15 is 0 Å². The first-order chi connectivity index (χ1) is 6.97. The average Bonchev–Trinajstić information content (AvgIpc) is 2.17. The number of rotatable bonds is 2. The first kappa shape index (κ1) is 11.3. The minimum Gasteiger partial charge on any atom is -0.481 e. The van der Waals surface area contributed by atoms with Crippen molar-refractivity contribution in [2.75, 3.05) is 0 Å². The van der Waals surface area contributed by atoms with E-state index in [0.29, 0.717) is 11.1 Å². The van der Waals surface area contributed by atoms with Crippen LogP contribution in [0, 0.1) is 25.2 Å². The van der Waals surface area contributed by atoms with Crippen LogP contribution < -0.4 is 0 Å². The molecule has 0 spiro atoms. The predicted molar refractivity (Wildman–Crippen MR) is 56.7 cm³/mol. The van der Waals surface area contributed by atoms with E-state index in [1.54, 1.807) is 13.0 Å². The Morgan fingerprint density at radius 1 is 1.40 bits per heavy atom. The zero-order valence-corrected chi connectivity index (χ0v) is 9.03. The summed E-state index contributed by atoms with van der Waals surface area (Å²) in [4.78, 5) is 10.9. The van der Waals surface area contributed by atoms with E-state index in [9.17, 15) is 4.79 Å². The average molecular weight is 203 g/mol. The van der Waals surface area contributed by atoms with Gasteiger partial charge in [-0.3, -0.25) is 4.79 Å². The summed E-state index contributed by atoms with van der Waals surface area (Å²) in [5, 5.41) is 17.8. The maximum atomic E-state index is 10.9. The van der Waals surface area contributed by atoms with Gasteiger partial charge in [0.1, 0.15) is 0 Å². The molecule has 0 heterocycles. The molecule has 3 heteroatoms. The van der Waals surface area contributed by atoms with Crippen LogP contribution in [0.4, 0.5) is 0 Å². The topological polar surface area (TPSA) is 61.1 Å². The highest BCUT2D eigenvalue weighted by Crippen LogP contribution is 2.23. The smallest absolute Gasteiger partial charge is 0.310 e. The lowest BCUT2D eigenvalue weighted by molar-refractivity contribution is -0.138. The third-order valence-corrected chi connectivity index (χ3v) is 2.57. The van der Waals surface area contributed by atoms with Crippen LogP contribution in [0.25, 0.3) is 0 Å². The molecule has 0 bridgehead atoms. The number of nitriles is 1. The zero-order chi connectivity index (χ0) is 11.6. The summed E-state index contributed by atoms with van der Waals surface area (Å²) in [7, 11) is 0. The number of carboxylic acids is 1. The Kier molecular flexibility index (Phi) is 3.11. The Hall–Kier alpha value is -1.82. The van der Waals surface area contributed by atoms with Crippen LogP contribution in [0.3, 0.4) is 0 Å². The number of hydrogen-bond acceptors (Lipinski definition) is 2. The molecule has 1 N–H and O–H groups in total. The van der Waals surface area contributed by atoms with Crippen molar-refractivity contribution in [2.24, 2.45) is 0 Å². The summed E-state index contributed by atoms with van der Waals surface area (Å²) >= 11 is 0. The fourth-order valence-corrected chi connectivity index (χ4v) is 1.59. The lowest BCUT2D eigenvalue weighted by Crippen LogP contribution is -2.09. The van der Waals surface area contributed by atoms with Crippen molar-refractivity contribution in [1.29, 1.82) is 5.26 Å². The van der Waals surface area contributed by atoms with Crippen molar-refractivity contribution in [2.45, 2.75) is 26.7 Å². The van der Waals surface area contributed by atoms with Crippen molar-refractivity contribution >= 4 is 5.97 Å². The van der Waals surface area contributed by atoms with Gasteiger partial charge in [0.05, 0.1) is 17.6 Å². The number of benzene rings is 1. The number of aliphatic carboxylic acids is 1. The van der Waals surface area contributed by atoms with Crippen LogP contribution in [0.2, 0.25) is 0 Å². The van der Waals surface area contributed by atoms with Crippen LogP contribution in [0.1, 0.15) is 35.1 Å². The molecule has 0 saturated heterocycles. The molecule has 0 saturated carbocycles. The molecule has 1 atom stereocenters. The SMILES string of the molecule is Cc1cc(C)c(C(C)C(=O)O)cc1C#N. The maximum absolute atomic E-state index is 10.9. The van der Waals surface area contributed by atoms with E-state index in [0.717, 1.165) is 11.1 Å². The molecule has 3 nitrogen and oxygen atoms in total. The normalized spacial score (nSPS) is 11.9. The molecule has 0 aliphatic rings. The van der Waals surface area contributed by atoms with Crippen LogP contribution in [0.15, 0.2) is 12.1 Å². The standard InChI is InChI=1S/C12H13NO2/c1-7-4-8(2)11(5-10(7)6-13)9(3)12(14)15/h4-5,9H,1-3H3,(H,14,15). The molecule has 0 radical (unpaired) electrons. The maximum Gasteiger partial charge on any atom is 0.310 e. The first-order valence-corrected chi connectivity index (χ1v) is 4.71. The predicted octanol–water partition coefficient (Wildman–Crippen LogP) is 2.36. The van der Waals surface area contributed by atoms with E-state index in [4.69, 9.17) is 10.4 Å². The Balaban J connectivity index is 3.32. The van der Waals surface area contributed by atoms with Gasteiger partial charge in [-0.1, -0.05) is 6.07 Å². The summed E-state index contributed by atoms with van der Waals surface area (Å²) < 4.78 is 0. The van der Waals surface area contributed by atoms with Crippen LogP contribution in [0.5, 0.6) is 0 Å². The Morgan fingerprint density at radius 2 is 2.00 bits per heavy atom.